The third-order valence-electron chi connectivity index (χ3n) is 4.83. The molecule has 0 aliphatic carbocycles. The molecule has 2 aromatic rings. The van der Waals surface area contributed by atoms with E-state index in [1.54, 1.807) is 0 Å². The zero-order valence-corrected chi connectivity index (χ0v) is 13.4. The molecular weight excluding hydrogens is 254 g/mol. The molecule has 1 unspecified atom stereocenters. The highest BCUT2D eigenvalue weighted by molar-refractivity contribution is 5.94. The van der Waals surface area contributed by atoms with Crippen LogP contribution in [0.1, 0.15) is 38.8 Å². The Morgan fingerprint density at radius 3 is 2.24 bits per heavy atom. The fourth-order valence-electron chi connectivity index (χ4n) is 3.68. The maximum absolute atomic E-state index is 2.50. The summed E-state index contributed by atoms with van der Waals surface area (Å²) >= 11 is 0. The van der Waals surface area contributed by atoms with E-state index in [0.29, 0.717) is 6.04 Å². The summed E-state index contributed by atoms with van der Waals surface area (Å²) in [5.41, 5.74) is 5.79. The van der Waals surface area contributed by atoms with Crippen molar-refractivity contribution in [2.24, 2.45) is 0 Å². The fraction of sp³-hybridized carbons (Fsp3) is 0.350. The zero-order chi connectivity index (χ0) is 15.0. The molecule has 0 saturated heterocycles. The van der Waals surface area contributed by atoms with Crippen molar-refractivity contribution in [2.75, 3.05) is 0 Å². The number of rotatable bonds is 3. The first-order chi connectivity index (χ1) is 10.0. The van der Waals surface area contributed by atoms with Crippen LogP contribution in [0, 0.1) is 0 Å². The standard InChI is InChI=1S/C20H24N/c1-15(2)21-16(3)20(4,14-17-10-6-5-7-11-17)18-12-8-9-13-19(18)21/h5-13,15H,14H2,1-4H3/q+1. The van der Waals surface area contributed by atoms with Gasteiger partial charge in [-0.05, 0) is 32.8 Å². The van der Waals surface area contributed by atoms with E-state index in [-0.39, 0.29) is 5.41 Å². The number of fused-ring (bicyclic) bond motifs is 1. The highest BCUT2D eigenvalue weighted by atomic mass is 15.1. The van der Waals surface area contributed by atoms with E-state index in [9.17, 15) is 0 Å². The van der Waals surface area contributed by atoms with E-state index >= 15 is 0 Å². The van der Waals surface area contributed by atoms with Crippen LogP contribution in [0.15, 0.2) is 54.6 Å². The number of para-hydroxylation sites is 1. The summed E-state index contributed by atoms with van der Waals surface area (Å²) in [7, 11) is 0. The van der Waals surface area contributed by atoms with Crippen molar-refractivity contribution in [3.8, 4) is 0 Å². The minimum Gasteiger partial charge on any atom is -0.197 e. The summed E-state index contributed by atoms with van der Waals surface area (Å²) in [6.45, 7) is 9.22. The highest BCUT2D eigenvalue weighted by Gasteiger charge is 2.46. The van der Waals surface area contributed by atoms with Crippen molar-refractivity contribution in [1.29, 1.82) is 0 Å². The van der Waals surface area contributed by atoms with Crippen LogP contribution >= 0.6 is 0 Å². The Balaban J connectivity index is 2.13. The summed E-state index contributed by atoms with van der Waals surface area (Å²) in [5, 5.41) is 0. The minimum atomic E-state index is 0.0855. The first-order valence-electron chi connectivity index (χ1n) is 7.81. The van der Waals surface area contributed by atoms with Gasteiger partial charge in [-0.25, -0.2) is 0 Å². The van der Waals surface area contributed by atoms with Gasteiger partial charge in [-0.1, -0.05) is 48.5 Å². The molecule has 0 radical (unpaired) electrons. The first-order valence-corrected chi connectivity index (χ1v) is 7.81. The second-order valence-corrected chi connectivity index (χ2v) is 6.56. The quantitative estimate of drug-likeness (QED) is 0.715. The average molecular weight is 278 g/mol. The second-order valence-electron chi connectivity index (χ2n) is 6.56. The number of nitrogens with zero attached hydrogens (tertiary/aromatic N) is 1. The molecule has 108 valence electrons. The van der Waals surface area contributed by atoms with Crippen molar-refractivity contribution in [3.63, 3.8) is 0 Å². The van der Waals surface area contributed by atoms with Gasteiger partial charge in [0.05, 0.1) is 5.41 Å². The molecule has 0 N–H and O–H groups in total. The van der Waals surface area contributed by atoms with Gasteiger partial charge < -0.3 is 0 Å². The molecule has 1 nitrogen and oxygen atoms in total. The lowest BCUT2D eigenvalue weighted by Gasteiger charge is -2.22. The molecule has 0 spiro atoms. The molecule has 1 heteroatoms. The molecule has 1 heterocycles. The zero-order valence-electron chi connectivity index (χ0n) is 13.4. The predicted molar refractivity (Wildman–Crippen MR) is 89.7 cm³/mol. The number of benzene rings is 2. The van der Waals surface area contributed by atoms with Gasteiger partial charge in [0.1, 0.15) is 0 Å². The molecule has 1 atom stereocenters. The molecule has 0 saturated carbocycles. The SMILES string of the molecule is CC1=[N+](C(C)C)c2ccccc2C1(C)Cc1ccccc1. The topological polar surface area (TPSA) is 3.01 Å². The molecule has 2 aromatic carbocycles. The Labute approximate surface area is 128 Å². The molecule has 0 bridgehead atoms. The Hall–Kier alpha value is -1.89. The van der Waals surface area contributed by atoms with Crippen molar-refractivity contribution in [1.82, 2.24) is 0 Å². The Morgan fingerprint density at radius 2 is 1.57 bits per heavy atom. The molecule has 0 fully saturated rings. The summed E-state index contributed by atoms with van der Waals surface area (Å²) in [5.74, 6) is 0. The van der Waals surface area contributed by atoms with Crippen molar-refractivity contribution >= 4 is 11.4 Å². The lowest BCUT2D eigenvalue weighted by atomic mass is 9.75. The highest BCUT2D eigenvalue weighted by Crippen LogP contribution is 2.42. The molecule has 0 amide bonds. The van der Waals surface area contributed by atoms with Gasteiger partial charge in [-0.15, -0.1) is 0 Å². The van der Waals surface area contributed by atoms with E-state index < -0.39 is 0 Å². The Kier molecular flexibility index (Phi) is 3.44. The molecule has 3 rings (SSSR count). The van der Waals surface area contributed by atoms with Gasteiger partial charge in [-0.2, -0.15) is 4.58 Å². The summed E-state index contributed by atoms with van der Waals surface area (Å²) in [6.07, 6.45) is 1.06. The second kappa shape index (κ2) is 5.14. The van der Waals surface area contributed by atoms with Crippen molar-refractivity contribution in [2.45, 2.75) is 45.6 Å². The maximum Gasteiger partial charge on any atom is 0.209 e. The van der Waals surface area contributed by atoms with Crippen LogP contribution in [0.3, 0.4) is 0 Å². The van der Waals surface area contributed by atoms with Gasteiger partial charge in [-0.3, -0.25) is 0 Å². The van der Waals surface area contributed by atoms with Gasteiger partial charge in [0.2, 0.25) is 5.69 Å². The van der Waals surface area contributed by atoms with E-state index in [4.69, 9.17) is 0 Å². The van der Waals surface area contributed by atoms with E-state index in [1.165, 1.54) is 22.5 Å². The lowest BCUT2D eigenvalue weighted by Crippen LogP contribution is -2.34. The minimum absolute atomic E-state index is 0.0855. The largest absolute Gasteiger partial charge is 0.209 e. The monoisotopic (exact) mass is 278 g/mol. The Morgan fingerprint density at radius 1 is 0.952 bits per heavy atom. The molecule has 0 aromatic heterocycles. The van der Waals surface area contributed by atoms with Gasteiger partial charge in [0.25, 0.3) is 0 Å². The fourth-order valence-corrected chi connectivity index (χ4v) is 3.68. The third kappa shape index (κ3) is 2.21. The predicted octanol–water partition coefficient (Wildman–Crippen LogP) is 4.71. The number of hydrogen-bond acceptors (Lipinski definition) is 0. The molecular formula is C20H24N+. The summed E-state index contributed by atoms with van der Waals surface area (Å²) < 4.78 is 2.50. The van der Waals surface area contributed by atoms with Gasteiger partial charge >= 0.3 is 0 Å². The smallest absolute Gasteiger partial charge is 0.197 e. The van der Waals surface area contributed by atoms with Gasteiger partial charge in [0, 0.05) is 18.6 Å². The summed E-state index contributed by atoms with van der Waals surface area (Å²) in [6, 6.07) is 20.2. The Bertz CT molecular complexity index is 682. The molecule has 1 aliphatic heterocycles. The van der Waals surface area contributed by atoms with Crippen LogP contribution in [-0.2, 0) is 11.8 Å². The van der Waals surface area contributed by atoms with Crippen LogP contribution in [0.25, 0.3) is 0 Å². The molecule has 21 heavy (non-hydrogen) atoms. The van der Waals surface area contributed by atoms with Crippen LogP contribution in [-0.4, -0.2) is 16.3 Å². The third-order valence-corrected chi connectivity index (χ3v) is 4.83. The lowest BCUT2D eigenvalue weighted by molar-refractivity contribution is -0.474. The molecule has 1 aliphatic rings. The van der Waals surface area contributed by atoms with Crippen LogP contribution in [0.2, 0.25) is 0 Å². The van der Waals surface area contributed by atoms with E-state index in [2.05, 4.69) is 86.9 Å². The van der Waals surface area contributed by atoms with Crippen LogP contribution < -0.4 is 0 Å². The van der Waals surface area contributed by atoms with Gasteiger partial charge in [0.15, 0.2) is 11.8 Å². The average Bonchev–Trinajstić information content (AvgIpc) is 2.69. The normalized spacial score (nSPS) is 21.0. The van der Waals surface area contributed by atoms with Crippen LogP contribution in [0.4, 0.5) is 5.69 Å². The summed E-state index contributed by atoms with van der Waals surface area (Å²) in [4.78, 5) is 0. The maximum atomic E-state index is 2.50. The van der Waals surface area contributed by atoms with Crippen molar-refractivity contribution < 1.29 is 4.58 Å². The van der Waals surface area contributed by atoms with Crippen molar-refractivity contribution in [3.05, 3.63) is 65.7 Å². The van der Waals surface area contributed by atoms with Crippen LogP contribution in [0.5, 0.6) is 0 Å². The first kappa shape index (κ1) is 14.1. The van der Waals surface area contributed by atoms with E-state index in [0.717, 1.165) is 6.42 Å². The van der Waals surface area contributed by atoms with E-state index in [1.807, 2.05) is 0 Å². The number of hydrogen-bond donors (Lipinski definition) is 0.